The summed E-state index contributed by atoms with van der Waals surface area (Å²) in [4.78, 5) is 0. The van der Waals surface area contributed by atoms with E-state index in [0.29, 0.717) is 5.92 Å². The van der Waals surface area contributed by atoms with E-state index in [2.05, 4.69) is 0 Å². The van der Waals surface area contributed by atoms with Gasteiger partial charge in [-0.15, -0.1) is 0 Å². The Morgan fingerprint density at radius 3 is 2.89 bits per heavy atom. The highest BCUT2D eigenvalue weighted by Crippen LogP contribution is 2.20. The third-order valence-electron chi connectivity index (χ3n) is 1.78. The molecule has 1 aliphatic rings. The lowest BCUT2D eigenvalue weighted by Gasteiger charge is -2.25. The molecule has 2 nitrogen and oxygen atoms in total. The highest BCUT2D eigenvalue weighted by molar-refractivity contribution is 7.99. The van der Waals surface area contributed by atoms with Crippen molar-refractivity contribution in [1.82, 2.24) is 0 Å². The van der Waals surface area contributed by atoms with E-state index in [4.69, 9.17) is 10.8 Å². The fourth-order valence-corrected chi connectivity index (χ4v) is 2.21. The number of nitrogens with two attached hydrogens (primary N) is 1. The third kappa shape index (κ3) is 1.85. The second kappa shape index (κ2) is 3.44. The van der Waals surface area contributed by atoms with Crippen molar-refractivity contribution < 1.29 is 5.11 Å². The molecule has 0 aromatic heterocycles. The summed E-state index contributed by atoms with van der Waals surface area (Å²) in [6.07, 6.45) is 1.09. The van der Waals surface area contributed by atoms with Gasteiger partial charge in [-0.05, 0) is 18.1 Å². The predicted octanol–water partition coefficient (Wildman–Crippen LogP) is 0.0591. The Hall–Kier alpha value is 0.270. The molecule has 0 radical (unpaired) electrons. The van der Waals surface area contributed by atoms with Gasteiger partial charge in [-0.25, -0.2) is 0 Å². The van der Waals surface area contributed by atoms with E-state index in [0.717, 1.165) is 12.2 Å². The van der Waals surface area contributed by atoms with E-state index in [1.807, 2.05) is 11.8 Å². The molecular formula is C6H13NOS. The van der Waals surface area contributed by atoms with Crippen LogP contribution in [-0.2, 0) is 0 Å². The minimum absolute atomic E-state index is 0.230. The molecule has 1 saturated heterocycles. The highest BCUT2D eigenvalue weighted by atomic mass is 32.2. The van der Waals surface area contributed by atoms with Gasteiger partial charge in [0, 0.05) is 18.4 Å². The molecule has 1 aliphatic heterocycles. The van der Waals surface area contributed by atoms with Crippen molar-refractivity contribution in [3.05, 3.63) is 0 Å². The van der Waals surface area contributed by atoms with E-state index in [1.54, 1.807) is 0 Å². The smallest absolute Gasteiger partial charge is 0.0474 e. The summed E-state index contributed by atoms with van der Waals surface area (Å²) in [7, 11) is 0. The molecule has 0 spiro atoms. The lowest BCUT2D eigenvalue weighted by atomic mass is 10.00. The number of aliphatic hydroxyl groups is 1. The van der Waals surface area contributed by atoms with Gasteiger partial charge in [0.15, 0.2) is 0 Å². The molecule has 0 aromatic carbocycles. The summed E-state index contributed by atoms with van der Waals surface area (Å²) in [5.74, 6) is 2.55. The van der Waals surface area contributed by atoms with Crippen LogP contribution in [0.25, 0.3) is 0 Å². The molecule has 0 bridgehead atoms. The lowest BCUT2D eigenvalue weighted by Crippen LogP contribution is -2.37. The first-order valence-electron chi connectivity index (χ1n) is 3.28. The Labute approximate surface area is 59.8 Å². The molecule has 3 N–H and O–H groups in total. The van der Waals surface area contributed by atoms with E-state index >= 15 is 0 Å². The lowest BCUT2D eigenvalue weighted by molar-refractivity contribution is 0.205. The predicted molar refractivity (Wildman–Crippen MR) is 40.5 cm³/mol. The van der Waals surface area contributed by atoms with Gasteiger partial charge in [-0.1, -0.05) is 0 Å². The standard InChI is InChI=1S/C6H13NOS/c7-6-4-9-2-1-5(6)3-8/h5-6,8H,1-4,7H2. The van der Waals surface area contributed by atoms with Crippen LogP contribution in [0, 0.1) is 5.92 Å². The summed E-state index contributed by atoms with van der Waals surface area (Å²) in [6, 6.07) is 0.230. The van der Waals surface area contributed by atoms with Gasteiger partial charge in [0.1, 0.15) is 0 Å². The summed E-state index contributed by atoms with van der Waals surface area (Å²) in [5.41, 5.74) is 5.71. The van der Waals surface area contributed by atoms with E-state index in [-0.39, 0.29) is 12.6 Å². The zero-order valence-electron chi connectivity index (χ0n) is 5.42. The first-order valence-corrected chi connectivity index (χ1v) is 4.44. The van der Waals surface area contributed by atoms with Gasteiger partial charge >= 0.3 is 0 Å². The van der Waals surface area contributed by atoms with Crippen LogP contribution in [0.3, 0.4) is 0 Å². The summed E-state index contributed by atoms with van der Waals surface area (Å²) >= 11 is 1.89. The summed E-state index contributed by atoms with van der Waals surface area (Å²) in [6.45, 7) is 0.266. The Morgan fingerprint density at radius 1 is 1.67 bits per heavy atom. The van der Waals surface area contributed by atoms with Crippen molar-refractivity contribution in [3.8, 4) is 0 Å². The monoisotopic (exact) mass is 147 g/mol. The van der Waals surface area contributed by atoms with Crippen LogP contribution in [0.4, 0.5) is 0 Å². The minimum atomic E-state index is 0.230. The Kier molecular flexibility index (Phi) is 2.82. The number of rotatable bonds is 1. The van der Waals surface area contributed by atoms with Crippen LogP contribution in [0.5, 0.6) is 0 Å². The van der Waals surface area contributed by atoms with Gasteiger partial charge in [0.25, 0.3) is 0 Å². The number of hydrogen-bond acceptors (Lipinski definition) is 3. The fraction of sp³-hybridized carbons (Fsp3) is 1.00. The summed E-state index contributed by atoms with van der Waals surface area (Å²) in [5, 5.41) is 8.77. The number of aliphatic hydroxyl groups excluding tert-OH is 1. The maximum atomic E-state index is 8.77. The molecule has 2 atom stereocenters. The molecule has 0 saturated carbocycles. The van der Waals surface area contributed by atoms with Gasteiger partial charge in [-0.3, -0.25) is 0 Å². The van der Waals surface area contributed by atoms with Gasteiger partial charge < -0.3 is 10.8 Å². The first-order chi connectivity index (χ1) is 4.34. The molecule has 9 heavy (non-hydrogen) atoms. The fourth-order valence-electron chi connectivity index (χ4n) is 1.03. The van der Waals surface area contributed by atoms with Crippen molar-refractivity contribution >= 4 is 11.8 Å². The van der Waals surface area contributed by atoms with Crippen LogP contribution < -0.4 is 5.73 Å². The van der Waals surface area contributed by atoms with E-state index < -0.39 is 0 Å². The van der Waals surface area contributed by atoms with Crippen molar-refractivity contribution in [2.45, 2.75) is 12.5 Å². The molecular weight excluding hydrogens is 134 g/mol. The van der Waals surface area contributed by atoms with E-state index in [1.165, 1.54) is 5.75 Å². The van der Waals surface area contributed by atoms with Crippen molar-refractivity contribution in [2.24, 2.45) is 11.7 Å². The normalized spacial score (nSPS) is 36.7. The zero-order valence-corrected chi connectivity index (χ0v) is 6.23. The molecule has 1 rings (SSSR count). The largest absolute Gasteiger partial charge is 0.396 e. The molecule has 1 fully saturated rings. The second-order valence-corrected chi connectivity index (χ2v) is 3.62. The van der Waals surface area contributed by atoms with Crippen LogP contribution in [0.1, 0.15) is 6.42 Å². The van der Waals surface area contributed by atoms with Crippen molar-refractivity contribution in [1.29, 1.82) is 0 Å². The van der Waals surface area contributed by atoms with Crippen LogP contribution in [0.15, 0.2) is 0 Å². The third-order valence-corrected chi connectivity index (χ3v) is 2.93. The Balaban J connectivity index is 2.30. The molecule has 0 aliphatic carbocycles. The highest BCUT2D eigenvalue weighted by Gasteiger charge is 2.20. The number of thioether (sulfide) groups is 1. The average molecular weight is 147 g/mol. The molecule has 0 aromatic rings. The quantitative estimate of drug-likeness (QED) is 0.551. The maximum Gasteiger partial charge on any atom is 0.0474 e. The van der Waals surface area contributed by atoms with Gasteiger partial charge in [0.05, 0.1) is 0 Å². The van der Waals surface area contributed by atoms with Crippen LogP contribution in [0.2, 0.25) is 0 Å². The molecule has 54 valence electrons. The van der Waals surface area contributed by atoms with Crippen LogP contribution >= 0.6 is 11.8 Å². The molecule has 2 unspecified atom stereocenters. The topological polar surface area (TPSA) is 46.2 Å². The SMILES string of the molecule is NC1CSCCC1CO. The number of hydrogen-bond donors (Lipinski definition) is 2. The summed E-state index contributed by atoms with van der Waals surface area (Å²) < 4.78 is 0. The van der Waals surface area contributed by atoms with Gasteiger partial charge in [-0.2, -0.15) is 11.8 Å². The zero-order chi connectivity index (χ0) is 6.69. The molecule has 0 amide bonds. The maximum absolute atomic E-state index is 8.77. The molecule has 1 heterocycles. The van der Waals surface area contributed by atoms with Crippen molar-refractivity contribution in [3.63, 3.8) is 0 Å². The molecule has 3 heteroatoms. The second-order valence-electron chi connectivity index (χ2n) is 2.47. The first kappa shape index (κ1) is 7.38. The Morgan fingerprint density at radius 2 is 2.44 bits per heavy atom. The van der Waals surface area contributed by atoms with Crippen molar-refractivity contribution in [2.75, 3.05) is 18.1 Å². The van der Waals surface area contributed by atoms with E-state index in [9.17, 15) is 0 Å². The van der Waals surface area contributed by atoms with Gasteiger partial charge in [0.2, 0.25) is 0 Å². The van der Waals surface area contributed by atoms with Crippen LogP contribution in [-0.4, -0.2) is 29.3 Å². The minimum Gasteiger partial charge on any atom is -0.396 e. The average Bonchev–Trinajstić information content (AvgIpc) is 1.89. The Bertz CT molecular complexity index is 89.1.